The fourth-order valence-electron chi connectivity index (χ4n) is 5.70. The molecule has 3 aromatic heterocycles. The zero-order valence-electron chi connectivity index (χ0n) is 19.2. The van der Waals surface area contributed by atoms with Gasteiger partial charge in [-0.15, -0.1) is 10.2 Å². The summed E-state index contributed by atoms with van der Waals surface area (Å²) >= 11 is 0. The topological polar surface area (TPSA) is 64.7 Å². The van der Waals surface area contributed by atoms with Gasteiger partial charge in [-0.05, 0) is 74.5 Å². The van der Waals surface area contributed by atoms with E-state index in [1.165, 1.54) is 18.7 Å². The van der Waals surface area contributed by atoms with Gasteiger partial charge in [-0.2, -0.15) is 0 Å². The zero-order chi connectivity index (χ0) is 22.6. The van der Waals surface area contributed by atoms with Crippen molar-refractivity contribution in [2.45, 2.75) is 38.7 Å². The van der Waals surface area contributed by atoms with Crippen molar-refractivity contribution in [1.29, 1.82) is 0 Å². The molecule has 0 amide bonds. The molecule has 1 saturated heterocycles. The van der Waals surface area contributed by atoms with E-state index < -0.39 is 0 Å². The van der Waals surface area contributed by atoms with Crippen LogP contribution in [0.5, 0.6) is 5.75 Å². The predicted octanol–water partition coefficient (Wildman–Crippen LogP) is 3.37. The Bertz CT molecular complexity index is 1390. The van der Waals surface area contributed by atoms with Crippen molar-refractivity contribution in [1.82, 2.24) is 24.1 Å². The number of aryl methyl sites for hydroxylation is 3. The highest BCUT2D eigenvalue weighted by molar-refractivity contribution is 5.90. The van der Waals surface area contributed by atoms with Crippen LogP contribution in [0.15, 0.2) is 53.8 Å². The molecule has 2 fully saturated rings. The lowest BCUT2D eigenvalue weighted by Crippen LogP contribution is -2.64. The lowest BCUT2D eigenvalue weighted by Gasteiger charge is -2.58. The van der Waals surface area contributed by atoms with Gasteiger partial charge in [-0.1, -0.05) is 6.07 Å². The fourth-order valence-corrected chi connectivity index (χ4v) is 5.70. The Labute approximate surface area is 192 Å². The molecule has 0 bridgehead atoms. The van der Waals surface area contributed by atoms with E-state index >= 15 is 0 Å². The Morgan fingerprint density at radius 2 is 2.00 bits per heavy atom. The highest BCUT2D eigenvalue weighted by Crippen LogP contribution is 2.50. The van der Waals surface area contributed by atoms with Crippen molar-refractivity contribution in [3.63, 3.8) is 0 Å². The summed E-state index contributed by atoms with van der Waals surface area (Å²) in [5.74, 6) is 0.842. The summed E-state index contributed by atoms with van der Waals surface area (Å²) in [6.07, 6.45) is 10.3. The highest BCUT2D eigenvalue weighted by atomic mass is 16.5. The van der Waals surface area contributed by atoms with Gasteiger partial charge < -0.3 is 14.2 Å². The van der Waals surface area contributed by atoms with Crippen molar-refractivity contribution < 1.29 is 4.74 Å². The van der Waals surface area contributed by atoms with Crippen molar-refractivity contribution in [3.8, 4) is 5.75 Å². The van der Waals surface area contributed by atoms with Crippen molar-refractivity contribution in [3.05, 3.63) is 70.5 Å². The van der Waals surface area contributed by atoms with Gasteiger partial charge in [-0.3, -0.25) is 9.20 Å². The first-order valence-corrected chi connectivity index (χ1v) is 11.8. The van der Waals surface area contributed by atoms with Gasteiger partial charge in [-0.25, -0.2) is 0 Å². The number of hydrogen-bond donors (Lipinski definition) is 0. The van der Waals surface area contributed by atoms with E-state index in [2.05, 4.69) is 27.2 Å². The van der Waals surface area contributed by atoms with Crippen LogP contribution in [0.3, 0.4) is 0 Å². The monoisotopic (exact) mass is 443 g/mol. The van der Waals surface area contributed by atoms with Crippen LogP contribution >= 0.6 is 0 Å². The minimum Gasteiger partial charge on any atom is -0.490 e. The molecule has 170 valence electrons. The number of benzene rings is 1. The lowest BCUT2D eigenvalue weighted by molar-refractivity contribution is -0.118. The van der Waals surface area contributed by atoms with Gasteiger partial charge in [0.05, 0.1) is 11.5 Å². The third kappa shape index (κ3) is 3.60. The maximum atomic E-state index is 12.6. The Morgan fingerprint density at radius 1 is 1.15 bits per heavy atom. The number of rotatable bonds is 6. The molecule has 0 atom stereocenters. The maximum Gasteiger partial charge on any atom is 0.258 e. The molecule has 0 radical (unpaired) electrons. The van der Waals surface area contributed by atoms with Crippen LogP contribution in [0, 0.1) is 12.3 Å². The molecule has 1 aliphatic carbocycles. The second kappa shape index (κ2) is 7.70. The minimum absolute atomic E-state index is 0.0385. The zero-order valence-corrected chi connectivity index (χ0v) is 19.2. The Hall–Kier alpha value is -3.19. The summed E-state index contributed by atoms with van der Waals surface area (Å²) in [5.41, 5.74) is 3.71. The second-order valence-electron chi connectivity index (χ2n) is 9.99. The fraction of sp³-hybridized carbons (Fsp3) is 0.423. The molecule has 4 aromatic rings. The standard InChI is InChI=1S/C26H29N5O2/c1-18-5-6-22(21-8-10-29(2)25(32)24(18)21)33-20-13-26(14-20)15-30(16-26)9-3-4-19-7-11-31-17-27-28-23(31)12-19/h5-8,10-12,17,20H,3-4,9,13-16H2,1-2H3. The molecule has 33 heavy (non-hydrogen) atoms. The maximum absolute atomic E-state index is 12.6. The summed E-state index contributed by atoms with van der Waals surface area (Å²) in [6.45, 7) is 5.47. The molecular weight excluding hydrogens is 414 g/mol. The number of fused-ring (bicyclic) bond motifs is 2. The summed E-state index contributed by atoms with van der Waals surface area (Å²) in [7, 11) is 1.79. The van der Waals surface area contributed by atoms with Crippen LogP contribution in [-0.4, -0.2) is 49.8 Å². The highest BCUT2D eigenvalue weighted by Gasteiger charge is 2.53. The number of ether oxygens (including phenoxy) is 1. The smallest absolute Gasteiger partial charge is 0.258 e. The molecule has 0 N–H and O–H groups in total. The van der Waals surface area contributed by atoms with Gasteiger partial charge in [0, 0.05) is 43.3 Å². The van der Waals surface area contributed by atoms with E-state index in [4.69, 9.17) is 4.74 Å². The van der Waals surface area contributed by atoms with E-state index in [1.54, 1.807) is 17.9 Å². The summed E-state index contributed by atoms with van der Waals surface area (Å²) in [6, 6.07) is 10.3. The lowest BCUT2D eigenvalue weighted by atomic mass is 9.61. The van der Waals surface area contributed by atoms with E-state index in [9.17, 15) is 4.79 Å². The van der Waals surface area contributed by atoms with Crippen molar-refractivity contribution >= 4 is 16.4 Å². The first-order valence-electron chi connectivity index (χ1n) is 11.8. The van der Waals surface area contributed by atoms with Crippen LogP contribution in [0.25, 0.3) is 16.4 Å². The summed E-state index contributed by atoms with van der Waals surface area (Å²) in [5, 5.41) is 9.77. The average Bonchev–Trinajstić information content (AvgIpc) is 3.22. The predicted molar refractivity (Wildman–Crippen MR) is 128 cm³/mol. The quantitative estimate of drug-likeness (QED) is 0.457. The molecular formula is C26H29N5O2. The van der Waals surface area contributed by atoms with Gasteiger partial charge in [0.1, 0.15) is 12.1 Å². The molecule has 1 spiro atoms. The summed E-state index contributed by atoms with van der Waals surface area (Å²) in [4.78, 5) is 15.1. The van der Waals surface area contributed by atoms with Crippen molar-refractivity contribution in [2.75, 3.05) is 19.6 Å². The Kier molecular flexibility index (Phi) is 4.76. The largest absolute Gasteiger partial charge is 0.490 e. The van der Waals surface area contributed by atoms with Crippen LogP contribution in [0.4, 0.5) is 0 Å². The molecule has 1 aliphatic heterocycles. The second-order valence-corrected chi connectivity index (χ2v) is 9.99. The third-order valence-electron chi connectivity index (χ3n) is 7.45. The number of nitrogens with zero attached hydrogens (tertiary/aromatic N) is 5. The minimum atomic E-state index is 0.0385. The van der Waals surface area contributed by atoms with Crippen LogP contribution in [0.2, 0.25) is 0 Å². The molecule has 6 rings (SSSR count). The van der Waals surface area contributed by atoms with E-state index in [-0.39, 0.29) is 11.7 Å². The molecule has 7 nitrogen and oxygen atoms in total. The molecule has 4 heterocycles. The van der Waals surface area contributed by atoms with E-state index in [0.717, 1.165) is 60.0 Å². The van der Waals surface area contributed by atoms with Crippen LogP contribution in [-0.2, 0) is 13.5 Å². The first kappa shape index (κ1) is 20.4. The Balaban J connectivity index is 1.01. The van der Waals surface area contributed by atoms with Gasteiger partial charge in [0.25, 0.3) is 5.56 Å². The van der Waals surface area contributed by atoms with Crippen LogP contribution in [0.1, 0.15) is 30.4 Å². The number of aromatic nitrogens is 4. The van der Waals surface area contributed by atoms with E-state index in [0.29, 0.717) is 5.41 Å². The van der Waals surface area contributed by atoms with Crippen LogP contribution < -0.4 is 10.3 Å². The normalized spacial score (nSPS) is 18.0. The number of likely N-dealkylation sites (tertiary alicyclic amines) is 1. The van der Waals surface area contributed by atoms with Gasteiger partial charge in [0.2, 0.25) is 0 Å². The number of pyridine rings is 2. The average molecular weight is 444 g/mol. The first-order chi connectivity index (χ1) is 16.0. The molecule has 0 unspecified atom stereocenters. The van der Waals surface area contributed by atoms with Gasteiger partial charge in [0.15, 0.2) is 5.65 Å². The van der Waals surface area contributed by atoms with E-state index in [1.807, 2.05) is 41.9 Å². The molecule has 1 saturated carbocycles. The molecule has 7 heteroatoms. The molecule has 2 aliphatic rings. The third-order valence-corrected chi connectivity index (χ3v) is 7.45. The Morgan fingerprint density at radius 3 is 2.85 bits per heavy atom. The number of hydrogen-bond acceptors (Lipinski definition) is 5. The summed E-state index contributed by atoms with van der Waals surface area (Å²) < 4.78 is 9.94. The SMILES string of the molecule is Cc1ccc(OC2CC3(C2)CN(CCCc2ccn4cnnc4c2)C3)c2ccn(C)c(=O)c12. The van der Waals surface area contributed by atoms with Crippen molar-refractivity contribution in [2.24, 2.45) is 12.5 Å². The van der Waals surface area contributed by atoms with Gasteiger partial charge >= 0.3 is 0 Å². The molecule has 1 aromatic carbocycles.